The molecule has 0 spiro atoms. The van der Waals surface area contributed by atoms with Gasteiger partial charge in [-0.25, -0.2) is 9.47 Å². The molecule has 9 nitrogen and oxygen atoms in total. The molecular weight excluding hydrogens is 418 g/mol. The molecule has 5 rings (SSSR count). The predicted molar refractivity (Wildman–Crippen MR) is 126 cm³/mol. The maximum atomic E-state index is 12.5. The van der Waals surface area contributed by atoms with E-state index in [1.807, 2.05) is 33.9 Å². The second-order valence-corrected chi connectivity index (χ2v) is 11.2. The Morgan fingerprint density at radius 2 is 1.91 bits per heavy atom. The number of rotatable bonds is 5. The molecule has 1 saturated carbocycles. The van der Waals surface area contributed by atoms with E-state index in [0.29, 0.717) is 22.2 Å². The molecule has 2 aromatic rings. The zero-order valence-corrected chi connectivity index (χ0v) is 20.2. The molecule has 4 heterocycles. The molecule has 0 unspecified atom stereocenters. The fourth-order valence-corrected chi connectivity index (χ4v) is 5.32. The fourth-order valence-electron chi connectivity index (χ4n) is 5.32. The first-order valence-electron chi connectivity index (χ1n) is 12.2. The number of hydrogen-bond donors (Lipinski definition) is 2. The van der Waals surface area contributed by atoms with Crippen LogP contribution in [0.3, 0.4) is 0 Å². The van der Waals surface area contributed by atoms with Gasteiger partial charge in [0.15, 0.2) is 5.82 Å². The van der Waals surface area contributed by atoms with Gasteiger partial charge in [-0.05, 0) is 39.7 Å². The minimum absolute atomic E-state index is 0.119. The van der Waals surface area contributed by atoms with Gasteiger partial charge in [0.1, 0.15) is 11.4 Å². The number of amides is 1. The minimum atomic E-state index is -0.443. The lowest BCUT2D eigenvalue weighted by atomic mass is 9.79. The third-order valence-corrected chi connectivity index (χ3v) is 7.26. The van der Waals surface area contributed by atoms with E-state index < -0.39 is 5.60 Å². The normalized spacial score (nSPS) is 26.1. The molecule has 2 saturated heterocycles. The van der Waals surface area contributed by atoms with Crippen molar-refractivity contribution in [2.24, 2.45) is 11.8 Å². The summed E-state index contributed by atoms with van der Waals surface area (Å²) in [6.07, 6.45) is 6.77. The third-order valence-electron chi connectivity index (χ3n) is 7.26. The van der Waals surface area contributed by atoms with Crippen molar-refractivity contribution in [3.05, 3.63) is 24.0 Å². The van der Waals surface area contributed by atoms with E-state index in [2.05, 4.69) is 31.5 Å². The van der Waals surface area contributed by atoms with E-state index >= 15 is 0 Å². The first-order chi connectivity index (χ1) is 15.7. The number of hydrogen-bond acceptors (Lipinski definition) is 7. The van der Waals surface area contributed by atoms with Gasteiger partial charge in [0.05, 0.1) is 26.1 Å². The third kappa shape index (κ3) is 4.69. The van der Waals surface area contributed by atoms with Gasteiger partial charge in [-0.15, -0.1) is 0 Å². The number of anilines is 3. The Morgan fingerprint density at radius 1 is 1.18 bits per heavy atom. The van der Waals surface area contributed by atoms with E-state index in [4.69, 9.17) is 9.72 Å². The van der Waals surface area contributed by atoms with Gasteiger partial charge in [-0.3, -0.25) is 5.10 Å². The summed E-state index contributed by atoms with van der Waals surface area (Å²) in [6, 6.07) is 3.98. The molecule has 2 N–H and O–H groups in total. The molecule has 0 atom stereocenters. The highest BCUT2D eigenvalue weighted by molar-refractivity contribution is 5.61. The van der Waals surface area contributed by atoms with E-state index in [1.54, 1.807) is 6.20 Å². The summed E-state index contributed by atoms with van der Waals surface area (Å²) >= 11 is 0. The smallest absolute Gasteiger partial charge is 0.414 e. The lowest BCUT2D eigenvalue weighted by Gasteiger charge is -2.52. The van der Waals surface area contributed by atoms with Crippen LogP contribution in [-0.2, 0) is 4.74 Å². The zero-order valence-electron chi connectivity index (χ0n) is 20.2. The molecule has 0 bridgehead atoms. The number of likely N-dealkylation sites (tertiary alicyclic amines) is 1. The average Bonchev–Trinajstić information content (AvgIpc) is 3.36. The summed E-state index contributed by atoms with van der Waals surface area (Å²) in [6.45, 7) is 9.30. The highest BCUT2D eigenvalue weighted by atomic mass is 16.6. The van der Waals surface area contributed by atoms with Gasteiger partial charge in [0.2, 0.25) is 5.95 Å². The Morgan fingerprint density at radius 3 is 2.61 bits per heavy atom. The molecule has 9 heteroatoms. The summed E-state index contributed by atoms with van der Waals surface area (Å²) in [5.74, 6) is 4.01. The minimum Gasteiger partial charge on any atom is -0.414 e. The van der Waals surface area contributed by atoms with Crippen LogP contribution in [-0.4, -0.2) is 69.6 Å². The monoisotopic (exact) mass is 454 g/mol. The maximum absolute atomic E-state index is 12.5. The molecule has 33 heavy (non-hydrogen) atoms. The molecule has 3 fully saturated rings. The van der Waals surface area contributed by atoms with Crippen LogP contribution in [0.5, 0.6) is 0 Å². The zero-order chi connectivity index (χ0) is 23.2. The number of ether oxygens (including phenoxy) is 1. The number of aromatic amines is 1. The lowest BCUT2D eigenvalue weighted by molar-refractivity contribution is -0.891. The Balaban J connectivity index is 1.12. The highest BCUT2D eigenvalue weighted by Crippen LogP contribution is 2.37. The molecule has 178 valence electrons. The maximum Gasteiger partial charge on any atom is 0.516 e. The standard InChI is InChI=1S/C24H36N7O2/c1-24(2,3)33-23(32)31(4)14-18(15-31)17-12-30(13-17)22-25-10-9-20(27-22)26-21-11-19(28-29-21)16-7-5-6-8-16/h9-11,16-18H,5-8,12-15H2,1-4H3,(H2,25,26,27,28,29)/q+1. The van der Waals surface area contributed by atoms with Crippen molar-refractivity contribution in [3.8, 4) is 0 Å². The molecule has 1 amide bonds. The summed E-state index contributed by atoms with van der Waals surface area (Å²) < 4.78 is 5.97. The molecule has 1 aliphatic carbocycles. The van der Waals surface area contributed by atoms with Crippen molar-refractivity contribution in [1.29, 1.82) is 0 Å². The molecule has 0 radical (unpaired) electrons. The largest absolute Gasteiger partial charge is 0.516 e. The predicted octanol–water partition coefficient (Wildman–Crippen LogP) is 4.05. The first kappa shape index (κ1) is 22.1. The first-order valence-corrected chi connectivity index (χ1v) is 12.2. The van der Waals surface area contributed by atoms with Crippen LogP contribution in [0.25, 0.3) is 0 Å². The van der Waals surface area contributed by atoms with Gasteiger partial charge in [0.25, 0.3) is 0 Å². The number of carbonyl (C=O) groups is 1. The SMILES string of the molecule is CC(C)(C)OC(=O)[N+]1(C)CC(C2CN(c3nccc(Nc4cc(C5CCCC5)[nH]n4)n3)C2)C1. The summed E-state index contributed by atoms with van der Waals surface area (Å²) in [5, 5.41) is 10.9. The Hall–Kier alpha value is -2.68. The van der Waals surface area contributed by atoms with Crippen LogP contribution in [0.15, 0.2) is 18.3 Å². The van der Waals surface area contributed by atoms with Crippen LogP contribution in [0.4, 0.5) is 22.4 Å². The number of aromatic nitrogens is 4. The summed E-state index contributed by atoms with van der Waals surface area (Å²) in [5.41, 5.74) is 0.772. The van der Waals surface area contributed by atoms with Gasteiger partial charge >= 0.3 is 6.09 Å². The Kier molecular flexibility index (Phi) is 5.55. The number of nitrogens with zero attached hydrogens (tertiary/aromatic N) is 5. The van der Waals surface area contributed by atoms with Crippen molar-refractivity contribution in [2.45, 2.75) is 58.0 Å². The van der Waals surface area contributed by atoms with E-state index in [-0.39, 0.29) is 6.09 Å². The average molecular weight is 455 g/mol. The Bertz CT molecular complexity index is 996. The van der Waals surface area contributed by atoms with Gasteiger partial charge < -0.3 is 15.0 Å². The molecule has 2 aromatic heterocycles. The van der Waals surface area contributed by atoms with Crippen molar-refractivity contribution in [3.63, 3.8) is 0 Å². The summed E-state index contributed by atoms with van der Waals surface area (Å²) in [4.78, 5) is 23.9. The number of H-pyrrole nitrogens is 1. The van der Waals surface area contributed by atoms with Crippen LogP contribution in [0.1, 0.15) is 58.1 Å². The fraction of sp³-hybridized carbons (Fsp3) is 0.667. The van der Waals surface area contributed by atoms with E-state index in [0.717, 1.165) is 43.8 Å². The van der Waals surface area contributed by atoms with Crippen molar-refractivity contribution in [1.82, 2.24) is 20.2 Å². The van der Waals surface area contributed by atoms with Gasteiger partial charge in [0, 0.05) is 42.9 Å². The number of nitrogens with one attached hydrogen (secondary N) is 2. The number of quaternary nitrogens is 1. The molecule has 3 aliphatic rings. The van der Waals surface area contributed by atoms with Crippen LogP contribution in [0.2, 0.25) is 0 Å². The Labute approximate surface area is 195 Å². The molecule has 2 aliphatic heterocycles. The highest BCUT2D eigenvalue weighted by Gasteiger charge is 2.54. The quantitative estimate of drug-likeness (QED) is 0.658. The van der Waals surface area contributed by atoms with E-state index in [9.17, 15) is 4.79 Å². The lowest BCUT2D eigenvalue weighted by Crippen LogP contribution is -2.69. The van der Waals surface area contributed by atoms with Gasteiger partial charge in [-0.2, -0.15) is 14.9 Å². The second kappa shape index (κ2) is 8.27. The van der Waals surface area contributed by atoms with Crippen molar-refractivity contribution in [2.75, 3.05) is 43.4 Å². The van der Waals surface area contributed by atoms with Crippen LogP contribution >= 0.6 is 0 Å². The van der Waals surface area contributed by atoms with Gasteiger partial charge in [-0.1, -0.05) is 12.8 Å². The van der Waals surface area contributed by atoms with E-state index in [1.165, 1.54) is 31.4 Å². The van der Waals surface area contributed by atoms with Crippen molar-refractivity contribution < 1.29 is 14.0 Å². The second-order valence-electron chi connectivity index (χ2n) is 11.2. The van der Waals surface area contributed by atoms with Crippen molar-refractivity contribution >= 4 is 23.7 Å². The molecular formula is C24H36N7O2+. The number of carbonyl (C=O) groups excluding carboxylic acids is 1. The topological polar surface area (TPSA) is 96.0 Å². The van der Waals surface area contributed by atoms with Crippen LogP contribution in [0, 0.1) is 11.8 Å². The summed E-state index contributed by atoms with van der Waals surface area (Å²) in [7, 11) is 1.98. The molecule has 0 aromatic carbocycles. The van der Waals surface area contributed by atoms with Crippen LogP contribution < -0.4 is 10.2 Å².